The van der Waals surface area contributed by atoms with Crippen LogP contribution >= 0.6 is 0 Å². The lowest BCUT2D eigenvalue weighted by atomic mass is 10.1. The molecule has 29 heavy (non-hydrogen) atoms. The summed E-state index contributed by atoms with van der Waals surface area (Å²) in [4.78, 5) is 4.81. The van der Waals surface area contributed by atoms with Gasteiger partial charge in [-0.2, -0.15) is 0 Å². The fourth-order valence-corrected chi connectivity index (χ4v) is 3.28. The molecule has 0 bridgehead atoms. The molecule has 0 saturated heterocycles. The van der Waals surface area contributed by atoms with E-state index in [4.69, 9.17) is 19.2 Å². The average molecular weight is 381 g/mol. The van der Waals surface area contributed by atoms with Gasteiger partial charge < -0.3 is 14.2 Å². The molecule has 2 heterocycles. The van der Waals surface area contributed by atoms with Gasteiger partial charge in [-0.25, -0.2) is 4.98 Å². The maximum Gasteiger partial charge on any atom is 0.231 e. The lowest BCUT2D eigenvalue weighted by Gasteiger charge is -2.09. The summed E-state index contributed by atoms with van der Waals surface area (Å²) in [5.41, 5.74) is 3.88. The Kier molecular flexibility index (Phi) is 4.59. The van der Waals surface area contributed by atoms with E-state index < -0.39 is 0 Å². The second-order valence-corrected chi connectivity index (χ2v) is 6.78. The van der Waals surface area contributed by atoms with E-state index in [0.29, 0.717) is 6.61 Å². The molecule has 1 aromatic heterocycles. The number of fused-ring (bicyclic) bond motifs is 2. The van der Waals surface area contributed by atoms with Crippen LogP contribution in [-0.4, -0.2) is 11.8 Å². The van der Waals surface area contributed by atoms with Crippen LogP contribution in [0.1, 0.15) is 16.8 Å². The molecule has 0 spiro atoms. The first-order valence-electron chi connectivity index (χ1n) is 9.49. The molecule has 0 saturated carbocycles. The minimum atomic E-state index is 0.278. The van der Waals surface area contributed by atoms with E-state index in [9.17, 15) is 0 Å². The van der Waals surface area contributed by atoms with Crippen LogP contribution in [0.15, 0.2) is 78.9 Å². The molecule has 0 radical (unpaired) electrons. The second-order valence-electron chi connectivity index (χ2n) is 6.78. The Balaban J connectivity index is 1.40. The number of hydrogen-bond donors (Lipinski definition) is 0. The van der Waals surface area contributed by atoms with Crippen LogP contribution in [0.25, 0.3) is 23.1 Å². The van der Waals surface area contributed by atoms with Gasteiger partial charge in [0.25, 0.3) is 0 Å². The third-order valence-corrected chi connectivity index (χ3v) is 4.79. The Bertz CT molecular complexity index is 1190. The Morgan fingerprint density at radius 1 is 0.828 bits per heavy atom. The summed E-state index contributed by atoms with van der Waals surface area (Å²) in [7, 11) is 0. The topological polar surface area (TPSA) is 40.6 Å². The van der Waals surface area contributed by atoms with Crippen molar-refractivity contribution in [2.24, 2.45) is 0 Å². The van der Waals surface area contributed by atoms with E-state index in [1.165, 1.54) is 0 Å². The van der Waals surface area contributed by atoms with Crippen LogP contribution in [0.5, 0.6) is 17.2 Å². The highest BCUT2D eigenvalue weighted by atomic mass is 16.7. The Morgan fingerprint density at radius 3 is 2.66 bits per heavy atom. The molecule has 0 atom stereocenters. The summed E-state index contributed by atoms with van der Waals surface area (Å²) in [5.74, 6) is 2.34. The van der Waals surface area contributed by atoms with Crippen molar-refractivity contribution in [2.45, 2.75) is 6.61 Å². The second kappa shape index (κ2) is 7.68. The maximum atomic E-state index is 6.06. The van der Waals surface area contributed by atoms with Gasteiger partial charge in [-0.3, -0.25) is 0 Å². The van der Waals surface area contributed by atoms with Gasteiger partial charge in [0.2, 0.25) is 6.79 Å². The van der Waals surface area contributed by atoms with Crippen LogP contribution in [0, 0.1) is 0 Å². The van der Waals surface area contributed by atoms with E-state index in [-0.39, 0.29) is 6.79 Å². The molecule has 1 aliphatic rings. The lowest BCUT2D eigenvalue weighted by molar-refractivity contribution is 0.174. The molecule has 0 aliphatic carbocycles. The first-order valence-corrected chi connectivity index (χ1v) is 9.49. The van der Waals surface area contributed by atoms with Crippen LogP contribution in [0.4, 0.5) is 0 Å². The van der Waals surface area contributed by atoms with E-state index >= 15 is 0 Å². The summed E-state index contributed by atoms with van der Waals surface area (Å²) < 4.78 is 16.9. The summed E-state index contributed by atoms with van der Waals surface area (Å²) in [5, 5.41) is 1.05. The van der Waals surface area contributed by atoms with Crippen molar-refractivity contribution in [3.05, 3.63) is 95.7 Å². The SMILES string of the molecule is C(=C/c1ccc2cccc(OCc3ccccc3)c2n1)/c1ccc2c(c1)OCO2. The minimum absolute atomic E-state index is 0.278. The molecule has 0 N–H and O–H groups in total. The van der Waals surface area contributed by atoms with Gasteiger partial charge in [0.05, 0.1) is 5.69 Å². The number of ether oxygens (including phenoxy) is 3. The number of pyridine rings is 1. The summed E-state index contributed by atoms with van der Waals surface area (Å²) >= 11 is 0. The van der Waals surface area contributed by atoms with E-state index in [2.05, 4.69) is 18.2 Å². The normalized spacial score (nSPS) is 12.6. The highest BCUT2D eigenvalue weighted by Crippen LogP contribution is 2.33. The predicted molar refractivity (Wildman–Crippen MR) is 114 cm³/mol. The fourth-order valence-electron chi connectivity index (χ4n) is 3.28. The Labute approximate surface area is 169 Å². The van der Waals surface area contributed by atoms with E-state index in [1.807, 2.05) is 72.8 Å². The van der Waals surface area contributed by atoms with Crippen LogP contribution in [0.2, 0.25) is 0 Å². The monoisotopic (exact) mass is 381 g/mol. The molecule has 142 valence electrons. The molecule has 0 unspecified atom stereocenters. The molecule has 0 amide bonds. The predicted octanol–water partition coefficient (Wildman–Crippen LogP) is 5.71. The zero-order valence-electron chi connectivity index (χ0n) is 15.7. The number of benzene rings is 3. The van der Waals surface area contributed by atoms with Gasteiger partial charge in [0.1, 0.15) is 17.9 Å². The highest BCUT2D eigenvalue weighted by Gasteiger charge is 2.12. The molecule has 0 fully saturated rings. The minimum Gasteiger partial charge on any atom is -0.487 e. The standard InChI is InChI=1S/C25H19NO3/c1-2-5-19(6-3-1)16-27-23-8-4-7-20-11-13-21(26-25(20)23)12-9-18-10-14-22-24(15-18)29-17-28-22/h1-15H,16-17H2/b12-9-. The van der Waals surface area contributed by atoms with Crippen molar-refractivity contribution in [3.8, 4) is 17.2 Å². The zero-order valence-corrected chi connectivity index (χ0v) is 15.7. The van der Waals surface area contributed by atoms with Crippen molar-refractivity contribution < 1.29 is 14.2 Å². The van der Waals surface area contributed by atoms with Crippen LogP contribution in [0.3, 0.4) is 0 Å². The first-order chi connectivity index (χ1) is 14.3. The largest absolute Gasteiger partial charge is 0.487 e. The lowest BCUT2D eigenvalue weighted by Crippen LogP contribution is -1.97. The third-order valence-electron chi connectivity index (χ3n) is 4.79. The molecule has 3 aromatic carbocycles. The third kappa shape index (κ3) is 3.78. The van der Waals surface area contributed by atoms with Crippen molar-refractivity contribution in [1.82, 2.24) is 4.98 Å². The summed E-state index contributed by atoms with van der Waals surface area (Å²) in [6.45, 7) is 0.791. The summed E-state index contributed by atoms with van der Waals surface area (Å²) in [6.07, 6.45) is 4.01. The number of nitrogens with zero attached hydrogens (tertiary/aromatic N) is 1. The van der Waals surface area contributed by atoms with Gasteiger partial charge in [-0.1, -0.05) is 60.7 Å². The number of hydrogen-bond acceptors (Lipinski definition) is 4. The fraction of sp³-hybridized carbons (Fsp3) is 0.0800. The van der Waals surface area contributed by atoms with Crippen molar-refractivity contribution in [3.63, 3.8) is 0 Å². The molecule has 1 aliphatic heterocycles. The molecule has 4 nitrogen and oxygen atoms in total. The molecule has 4 heteroatoms. The highest BCUT2D eigenvalue weighted by molar-refractivity contribution is 5.86. The number of aromatic nitrogens is 1. The van der Waals surface area contributed by atoms with Gasteiger partial charge >= 0.3 is 0 Å². The molecular weight excluding hydrogens is 362 g/mol. The smallest absolute Gasteiger partial charge is 0.231 e. The van der Waals surface area contributed by atoms with Crippen molar-refractivity contribution in [1.29, 1.82) is 0 Å². The van der Waals surface area contributed by atoms with Crippen LogP contribution < -0.4 is 14.2 Å². The van der Waals surface area contributed by atoms with Gasteiger partial charge in [-0.05, 0) is 41.5 Å². The Morgan fingerprint density at radius 2 is 1.72 bits per heavy atom. The maximum absolute atomic E-state index is 6.06. The quantitative estimate of drug-likeness (QED) is 0.444. The Hall–Kier alpha value is -3.79. The van der Waals surface area contributed by atoms with Crippen LogP contribution in [-0.2, 0) is 6.61 Å². The van der Waals surface area contributed by atoms with Crippen molar-refractivity contribution in [2.75, 3.05) is 6.79 Å². The first kappa shape index (κ1) is 17.3. The number of para-hydroxylation sites is 1. The molecule has 5 rings (SSSR count). The summed E-state index contributed by atoms with van der Waals surface area (Å²) in [6, 6.07) is 26.1. The molecular formula is C25H19NO3. The van der Waals surface area contributed by atoms with E-state index in [1.54, 1.807) is 0 Å². The number of rotatable bonds is 5. The molecule has 4 aromatic rings. The van der Waals surface area contributed by atoms with Gasteiger partial charge in [0, 0.05) is 5.39 Å². The van der Waals surface area contributed by atoms with Gasteiger partial charge in [-0.15, -0.1) is 0 Å². The zero-order chi connectivity index (χ0) is 19.5. The average Bonchev–Trinajstić information content (AvgIpc) is 3.25. The van der Waals surface area contributed by atoms with Crippen molar-refractivity contribution >= 4 is 23.1 Å². The van der Waals surface area contributed by atoms with Gasteiger partial charge in [0.15, 0.2) is 11.5 Å². The van der Waals surface area contributed by atoms with E-state index in [0.717, 1.165) is 45.0 Å².